The Hall–Kier alpha value is -2.66. The number of hydrogen-bond acceptors (Lipinski definition) is 4. The van der Waals surface area contributed by atoms with E-state index in [2.05, 4.69) is 61.1 Å². The molecular formula is C22H25N3O2. The maximum absolute atomic E-state index is 12.3. The number of fused-ring (bicyclic) bond motifs is 1. The molecule has 1 saturated carbocycles. The van der Waals surface area contributed by atoms with Gasteiger partial charge in [0.25, 0.3) is 5.56 Å². The average Bonchev–Trinajstić information content (AvgIpc) is 3.18. The van der Waals surface area contributed by atoms with Crippen molar-refractivity contribution in [3.05, 3.63) is 76.3 Å². The van der Waals surface area contributed by atoms with Crippen LogP contribution in [0.5, 0.6) is 5.75 Å². The van der Waals surface area contributed by atoms with Gasteiger partial charge in [-0.05, 0) is 36.6 Å². The highest BCUT2D eigenvalue weighted by molar-refractivity contribution is 5.52. The zero-order valence-electron chi connectivity index (χ0n) is 16.0. The molecular weight excluding hydrogens is 338 g/mol. The predicted molar refractivity (Wildman–Crippen MR) is 106 cm³/mol. The van der Waals surface area contributed by atoms with Crippen molar-refractivity contribution in [3.63, 3.8) is 0 Å². The van der Waals surface area contributed by atoms with E-state index in [4.69, 9.17) is 0 Å². The first kappa shape index (κ1) is 17.7. The van der Waals surface area contributed by atoms with Crippen LogP contribution in [0.3, 0.4) is 0 Å². The molecule has 5 heteroatoms. The summed E-state index contributed by atoms with van der Waals surface area (Å²) >= 11 is 0. The Kier molecular flexibility index (Phi) is 4.07. The van der Waals surface area contributed by atoms with Crippen LogP contribution >= 0.6 is 0 Å². The third-order valence-electron chi connectivity index (χ3n) is 5.94. The molecule has 27 heavy (non-hydrogen) atoms. The van der Waals surface area contributed by atoms with Gasteiger partial charge in [0, 0.05) is 30.8 Å². The molecule has 1 aliphatic rings. The van der Waals surface area contributed by atoms with Gasteiger partial charge in [0.15, 0.2) is 11.4 Å². The monoisotopic (exact) mass is 363 g/mol. The molecule has 1 aromatic carbocycles. The van der Waals surface area contributed by atoms with Crippen molar-refractivity contribution >= 4 is 5.65 Å². The molecule has 1 unspecified atom stereocenters. The topological polar surface area (TPSA) is 57.8 Å². The third-order valence-corrected chi connectivity index (χ3v) is 5.94. The molecule has 0 saturated heterocycles. The van der Waals surface area contributed by atoms with Gasteiger partial charge in [0.2, 0.25) is 0 Å². The largest absolute Gasteiger partial charge is 0.504 e. The zero-order valence-corrected chi connectivity index (χ0v) is 16.0. The first-order valence-electron chi connectivity index (χ1n) is 9.27. The SMILES string of the molecule is CN(Cc1cc(=O)n2cccc(O)c2n1)CC1(c2ccccc2)CC1(C)C. The van der Waals surface area contributed by atoms with Crippen molar-refractivity contribution in [3.8, 4) is 5.75 Å². The number of pyridine rings is 1. The van der Waals surface area contributed by atoms with E-state index in [0.717, 1.165) is 13.0 Å². The van der Waals surface area contributed by atoms with Crippen LogP contribution in [0, 0.1) is 5.41 Å². The third kappa shape index (κ3) is 3.02. The molecule has 1 atom stereocenters. The van der Waals surface area contributed by atoms with Crippen LogP contribution in [-0.2, 0) is 12.0 Å². The minimum Gasteiger partial charge on any atom is -0.504 e. The Morgan fingerprint density at radius 3 is 2.56 bits per heavy atom. The molecule has 5 nitrogen and oxygen atoms in total. The Labute approximate surface area is 158 Å². The lowest BCUT2D eigenvalue weighted by Crippen LogP contribution is -2.32. The minimum absolute atomic E-state index is 0.0168. The summed E-state index contributed by atoms with van der Waals surface area (Å²) in [4.78, 5) is 19.1. The van der Waals surface area contributed by atoms with Crippen molar-refractivity contribution in [1.82, 2.24) is 14.3 Å². The van der Waals surface area contributed by atoms with E-state index in [1.54, 1.807) is 24.4 Å². The molecule has 0 amide bonds. The summed E-state index contributed by atoms with van der Waals surface area (Å²) in [6, 6.07) is 15.4. The zero-order chi connectivity index (χ0) is 19.2. The normalized spacial score (nSPS) is 20.9. The van der Waals surface area contributed by atoms with E-state index >= 15 is 0 Å². The minimum atomic E-state index is -0.177. The average molecular weight is 363 g/mol. The van der Waals surface area contributed by atoms with E-state index in [1.807, 2.05) is 0 Å². The van der Waals surface area contributed by atoms with Crippen LogP contribution in [0.25, 0.3) is 5.65 Å². The van der Waals surface area contributed by atoms with Crippen LogP contribution < -0.4 is 5.56 Å². The first-order valence-corrected chi connectivity index (χ1v) is 9.27. The second-order valence-electron chi connectivity index (χ2n) is 8.35. The van der Waals surface area contributed by atoms with Crippen molar-refractivity contribution in [2.45, 2.75) is 32.2 Å². The standard InChI is InChI=1S/C22H25N3O2/c1-21(2)14-22(21,16-8-5-4-6-9-16)15-24(3)13-17-12-19(27)25-11-7-10-18(26)20(25)23-17/h4-12,26H,13-15H2,1-3H3. The Morgan fingerprint density at radius 1 is 1.19 bits per heavy atom. The van der Waals surface area contributed by atoms with E-state index < -0.39 is 0 Å². The molecule has 1 aliphatic carbocycles. The quantitative estimate of drug-likeness (QED) is 0.756. The van der Waals surface area contributed by atoms with E-state index in [9.17, 15) is 9.90 Å². The van der Waals surface area contributed by atoms with Gasteiger partial charge in [-0.2, -0.15) is 0 Å². The fourth-order valence-corrected chi connectivity index (χ4v) is 4.35. The second-order valence-corrected chi connectivity index (χ2v) is 8.35. The van der Waals surface area contributed by atoms with E-state index in [-0.39, 0.29) is 22.1 Å². The van der Waals surface area contributed by atoms with Gasteiger partial charge in [-0.25, -0.2) is 4.98 Å². The van der Waals surface area contributed by atoms with Gasteiger partial charge in [0.05, 0.1) is 5.69 Å². The molecule has 3 aromatic rings. The molecule has 140 valence electrons. The van der Waals surface area contributed by atoms with Gasteiger partial charge >= 0.3 is 0 Å². The van der Waals surface area contributed by atoms with Crippen molar-refractivity contribution in [2.75, 3.05) is 13.6 Å². The second kappa shape index (κ2) is 6.20. The molecule has 0 radical (unpaired) electrons. The van der Waals surface area contributed by atoms with Crippen molar-refractivity contribution < 1.29 is 5.11 Å². The molecule has 4 rings (SSSR count). The number of nitrogens with zero attached hydrogens (tertiary/aromatic N) is 3. The highest BCUT2D eigenvalue weighted by Crippen LogP contribution is 2.64. The summed E-state index contributed by atoms with van der Waals surface area (Å²) in [6.07, 6.45) is 2.76. The Morgan fingerprint density at radius 2 is 1.89 bits per heavy atom. The fourth-order valence-electron chi connectivity index (χ4n) is 4.35. The summed E-state index contributed by atoms with van der Waals surface area (Å²) in [6.45, 7) is 6.08. The number of hydrogen-bond donors (Lipinski definition) is 1. The van der Waals surface area contributed by atoms with Crippen LogP contribution in [-0.4, -0.2) is 33.0 Å². The summed E-state index contributed by atoms with van der Waals surface area (Å²) < 4.78 is 1.37. The number of likely N-dealkylation sites (N-methyl/N-ethyl adjacent to an activating group) is 1. The van der Waals surface area contributed by atoms with Crippen LogP contribution in [0.2, 0.25) is 0 Å². The Balaban J connectivity index is 1.60. The predicted octanol–water partition coefficient (Wildman–Crippen LogP) is 3.20. The summed E-state index contributed by atoms with van der Waals surface area (Å²) in [5, 5.41) is 10.0. The molecule has 0 bridgehead atoms. The number of aromatic nitrogens is 2. The van der Waals surface area contributed by atoms with Gasteiger partial charge in [-0.15, -0.1) is 0 Å². The van der Waals surface area contributed by atoms with Crippen LogP contribution in [0.1, 0.15) is 31.5 Å². The molecule has 0 aliphatic heterocycles. The van der Waals surface area contributed by atoms with Gasteiger partial charge in [-0.1, -0.05) is 44.2 Å². The molecule has 0 spiro atoms. The van der Waals surface area contributed by atoms with Crippen molar-refractivity contribution in [1.29, 1.82) is 0 Å². The molecule has 2 aromatic heterocycles. The summed E-state index contributed by atoms with van der Waals surface area (Å²) in [7, 11) is 2.06. The lowest BCUT2D eigenvalue weighted by Gasteiger charge is -2.27. The molecule has 2 heterocycles. The highest BCUT2D eigenvalue weighted by Gasteiger charge is 2.61. The van der Waals surface area contributed by atoms with Gasteiger partial charge in [0.1, 0.15) is 0 Å². The van der Waals surface area contributed by atoms with E-state index in [1.165, 1.54) is 9.96 Å². The molecule has 1 N–H and O–H groups in total. The summed E-state index contributed by atoms with van der Waals surface area (Å²) in [5.41, 5.74) is 2.53. The number of benzene rings is 1. The van der Waals surface area contributed by atoms with Crippen molar-refractivity contribution in [2.24, 2.45) is 5.41 Å². The van der Waals surface area contributed by atoms with Gasteiger partial charge in [-0.3, -0.25) is 14.1 Å². The van der Waals surface area contributed by atoms with E-state index in [0.29, 0.717) is 17.9 Å². The fraction of sp³-hybridized carbons (Fsp3) is 0.364. The highest BCUT2D eigenvalue weighted by atomic mass is 16.3. The first-order chi connectivity index (χ1) is 12.8. The number of aromatic hydroxyl groups is 1. The molecule has 1 fully saturated rings. The number of rotatable bonds is 5. The Bertz CT molecular complexity index is 1040. The maximum atomic E-state index is 12.3. The lowest BCUT2D eigenvalue weighted by atomic mass is 9.87. The smallest absolute Gasteiger partial charge is 0.258 e. The van der Waals surface area contributed by atoms with Gasteiger partial charge < -0.3 is 5.11 Å². The lowest BCUT2D eigenvalue weighted by molar-refractivity contribution is 0.268. The van der Waals surface area contributed by atoms with Crippen LogP contribution in [0.15, 0.2) is 59.5 Å². The summed E-state index contributed by atoms with van der Waals surface area (Å²) in [5.74, 6) is 0.0168. The van der Waals surface area contributed by atoms with Crippen LogP contribution in [0.4, 0.5) is 0 Å². The maximum Gasteiger partial charge on any atom is 0.258 e.